The molecule has 0 fully saturated rings. The molecule has 0 aromatic heterocycles. The first-order valence-electron chi connectivity index (χ1n) is 4.32. The van der Waals surface area contributed by atoms with Crippen LogP contribution in [-0.4, -0.2) is 11.5 Å². The third-order valence-corrected chi connectivity index (χ3v) is 1.67. The lowest BCUT2D eigenvalue weighted by atomic mass is 10.2. The van der Waals surface area contributed by atoms with Gasteiger partial charge in [-0.3, -0.25) is 10.1 Å². The van der Waals surface area contributed by atoms with Gasteiger partial charge in [0.25, 0.3) is 0 Å². The van der Waals surface area contributed by atoms with E-state index in [2.05, 4.69) is 0 Å². The van der Waals surface area contributed by atoms with Gasteiger partial charge in [0.05, 0.1) is 11.5 Å². The van der Waals surface area contributed by atoms with Crippen LogP contribution in [0.25, 0.3) is 0 Å². The summed E-state index contributed by atoms with van der Waals surface area (Å²) in [6.07, 6.45) is 0.798. The summed E-state index contributed by atoms with van der Waals surface area (Å²) in [4.78, 5) is 10.1. The molecule has 0 aliphatic heterocycles. The summed E-state index contributed by atoms with van der Waals surface area (Å²) < 4.78 is 5.21. The minimum atomic E-state index is -0.527. The van der Waals surface area contributed by atoms with E-state index in [9.17, 15) is 10.1 Å². The van der Waals surface area contributed by atoms with Gasteiger partial charge in [0.2, 0.25) is 0 Å². The van der Waals surface area contributed by atoms with E-state index in [0.29, 0.717) is 6.61 Å². The van der Waals surface area contributed by atoms with Crippen LogP contribution in [0.2, 0.25) is 0 Å². The highest BCUT2D eigenvalue weighted by Crippen LogP contribution is 2.32. The summed E-state index contributed by atoms with van der Waals surface area (Å²) in [5.74, 6) is 0.233. The normalized spacial score (nSPS) is 9.79. The molecule has 2 N–H and O–H groups in total. The largest absolute Gasteiger partial charge is 0.487 e. The number of nitrogens with two attached hydrogens (primary N) is 1. The van der Waals surface area contributed by atoms with E-state index in [0.717, 1.165) is 6.42 Å². The van der Waals surface area contributed by atoms with Gasteiger partial charge in [0.1, 0.15) is 5.69 Å². The minimum Gasteiger partial charge on any atom is -0.487 e. The Morgan fingerprint density at radius 3 is 2.86 bits per heavy atom. The molecule has 1 aromatic rings. The second kappa shape index (κ2) is 4.45. The molecule has 0 aliphatic carbocycles. The van der Waals surface area contributed by atoms with E-state index in [1.165, 1.54) is 6.07 Å². The molecule has 0 amide bonds. The predicted molar refractivity (Wildman–Crippen MR) is 53.3 cm³/mol. The Morgan fingerprint density at radius 1 is 1.57 bits per heavy atom. The molecule has 5 nitrogen and oxygen atoms in total. The first-order valence-corrected chi connectivity index (χ1v) is 4.32. The Kier molecular flexibility index (Phi) is 3.28. The molecule has 0 saturated carbocycles. The van der Waals surface area contributed by atoms with Gasteiger partial charge in [0, 0.05) is 0 Å². The van der Waals surface area contributed by atoms with Gasteiger partial charge in [-0.1, -0.05) is 13.0 Å². The molecule has 0 aliphatic rings. The number of rotatable bonds is 4. The van der Waals surface area contributed by atoms with E-state index < -0.39 is 4.92 Å². The molecular weight excluding hydrogens is 184 g/mol. The number of anilines is 1. The summed E-state index contributed by atoms with van der Waals surface area (Å²) in [6.45, 7) is 2.38. The van der Waals surface area contributed by atoms with Crippen molar-refractivity contribution in [2.24, 2.45) is 0 Å². The van der Waals surface area contributed by atoms with Crippen LogP contribution in [0.4, 0.5) is 11.4 Å². The quantitative estimate of drug-likeness (QED) is 0.453. The van der Waals surface area contributed by atoms with E-state index in [1.807, 2.05) is 6.92 Å². The minimum absolute atomic E-state index is 0.128. The lowest BCUT2D eigenvalue weighted by Gasteiger charge is -2.06. The van der Waals surface area contributed by atoms with Gasteiger partial charge < -0.3 is 10.5 Å². The van der Waals surface area contributed by atoms with Gasteiger partial charge in [-0.15, -0.1) is 0 Å². The van der Waals surface area contributed by atoms with Crippen molar-refractivity contribution in [1.29, 1.82) is 0 Å². The molecular formula is C9H12N2O3. The second-order valence-electron chi connectivity index (χ2n) is 2.80. The first kappa shape index (κ1) is 10.3. The maximum Gasteiger partial charge on any atom is 0.333 e. The molecule has 0 unspecified atom stereocenters. The fourth-order valence-corrected chi connectivity index (χ4v) is 1.06. The van der Waals surface area contributed by atoms with Crippen molar-refractivity contribution in [3.05, 3.63) is 28.3 Å². The number of hydrogen-bond acceptors (Lipinski definition) is 4. The van der Waals surface area contributed by atoms with Crippen LogP contribution >= 0.6 is 0 Å². The first-order chi connectivity index (χ1) is 6.66. The number of nitrogen functional groups attached to an aromatic ring is 1. The molecule has 0 spiro atoms. The Bertz CT molecular complexity index is 339. The smallest absolute Gasteiger partial charge is 0.333 e. The van der Waals surface area contributed by atoms with Crippen molar-refractivity contribution in [2.75, 3.05) is 12.3 Å². The summed E-state index contributed by atoms with van der Waals surface area (Å²) in [5.41, 5.74) is 5.45. The zero-order valence-corrected chi connectivity index (χ0v) is 7.90. The van der Waals surface area contributed by atoms with E-state index >= 15 is 0 Å². The van der Waals surface area contributed by atoms with Crippen molar-refractivity contribution in [3.63, 3.8) is 0 Å². The second-order valence-corrected chi connectivity index (χ2v) is 2.80. The summed E-state index contributed by atoms with van der Waals surface area (Å²) >= 11 is 0. The average molecular weight is 196 g/mol. The Labute approximate surface area is 81.6 Å². The average Bonchev–Trinajstić information content (AvgIpc) is 2.14. The number of para-hydroxylation sites is 1. The number of nitrogens with zero attached hydrogens (tertiary/aromatic N) is 1. The van der Waals surface area contributed by atoms with E-state index in [1.54, 1.807) is 12.1 Å². The Balaban J connectivity index is 3.02. The lowest BCUT2D eigenvalue weighted by Crippen LogP contribution is -2.02. The summed E-state index contributed by atoms with van der Waals surface area (Å²) in [6, 6.07) is 4.66. The molecule has 5 heteroatoms. The van der Waals surface area contributed by atoms with Crippen LogP contribution in [0.5, 0.6) is 5.75 Å². The summed E-state index contributed by atoms with van der Waals surface area (Å²) in [7, 11) is 0. The number of benzene rings is 1. The monoisotopic (exact) mass is 196 g/mol. The predicted octanol–water partition coefficient (Wildman–Crippen LogP) is 1.97. The van der Waals surface area contributed by atoms with Crippen molar-refractivity contribution in [1.82, 2.24) is 0 Å². The number of nitro benzene ring substituents is 1. The molecule has 0 atom stereocenters. The molecule has 1 aromatic carbocycles. The van der Waals surface area contributed by atoms with Gasteiger partial charge >= 0.3 is 5.69 Å². The van der Waals surface area contributed by atoms with Crippen LogP contribution in [-0.2, 0) is 0 Å². The standard InChI is InChI=1S/C9H12N2O3/c1-2-6-14-8-5-3-4-7(10)9(8)11(12)13/h3-5H,2,6,10H2,1H3. The maximum absolute atomic E-state index is 10.7. The van der Waals surface area contributed by atoms with Crippen LogP contribution in [0, 0.1) is 10.1 Å². The van der Waals surface area contributed by atoms with Crippen LogP contribution < -0.4 is 10.5 Å². The zero-order chi connectivity index (χ0) is 10.6. The lowest BCUT2D eigenvalue weighted by molar-refractivity contribution is -0.384. The molecule has 0 saturated heterocycles. The van der Waals surface area contributed by atoms with Crippen molar-refractivity contribution < 1.29 is 9.66 Å². The highest BCUT2D eigenvalue weighted by Gasteiger charge is 2.18. The number of hydrogen-bond donors (Lipinski definition) is 1. The van der Waals surface area contributed by atoms with Gasteiger partial charge in [0.15, 0.2) is 5.75 Å². The van der Waals surface area contributed by atoms with Crippen LogP contribution in [0.15, 0.2) is 18.2 Å². The molecule has 1 rings (SSSR count). The molecule has 0 heterocycles. The fraction of sp³-hybridized carbons (Fsp3) is 0.333. The highest BCUT2D eigenvalue weighted by molar-refractivity contribution is 5.65. The SMILES string of the molecule is CCCOc1cccc(N)c1[N+](=O)[O-]. The topological polar surface area (TPSA) is 78.4 Å². The third kappa shape index (κ3) is 2.12. The van der Waals surface area contributed by atoms with Crippen molar-refractivity contribution >= 4 is 11.4 Å². The third-order valence-electron chi connectivity index (χ3n) is 1.67. The van der Waals surface area contributed by atoms with Crippen LogP contribution in [0.1, 0.15) is 13.3 Å². The van der Waals surface area contributed by atoms with Gasteiger partial charge in [-0.25, -0.2) is 0 Å². The zero-order valence-electron chi connectivity index (χ0n) is 7.90. The van der Waals surface area contributed by atoms with Gasteiger partial charge in [-0.2, -0.15) is 0 Å². The molecule has 0 bridgehead atoms. The van der Waals surface area contributed by atoms with E-state index in [4.69, 9.17) is 10.5 Å². The highest BCUT2D eigenvalue weighted by atomic mass is 16.6. The fourth-order valence-electron chi connectivity index (χ4n) is 1.06. The molecule has 76 valence electrons. The van der Waals surface area contributed by atoms with Gasteiger partial charge in [-0.05, 0) is 18.6 Å². The Hall–Kier alpha value is -1.78. The summed E-state index contributed by atoms with van der Waals surface area (Å²) in [5, 5.41) is 10.7. The Morgan fingerprint density at radius 2 is 2.29 bits per heavy atom. The van der Waals surface area contributed by atoms with Crippen molar-refractivity contribution in [3.8, 4) is 5.75 Å². The number of ether oxygens (including phenoxy) is 1. The number of nitro groups is 1. The maximum atomic E-state index is 10.7. The molecule has 14 heavy (non-hydrogen) atoms. The van der Waals surface area contributed by atoms with Crippen LogP contribution in [0.3, 0.4) is 0 Å². The molecule has 0 radical (unpaired) electrons. The van der Waals surface area contributed by atoms with Crippen molar-refractivity contribution in [2.45, 2.75) is 13.3 Å². The van der Waals surface area contributed by atoms with E-state index in [-0.39, 0.29) is 17.1 Å².